The van der Waals surface area contributed by atoms with Crippen LogP contribution in [0.25, 0.3) is 10.9 Å². The van der Waals surface area contributed by atoms with Gasteiger partial charge in [0.25, 0.3) is 11.1 Å². The first-order chi connectivity index (χ1) is 13.0. The molecule has 11 heteroatoms. The molecular formula is C16H16N6O4S. The predicted molar refractivity (Wildman–Crippen MR) is 99.9 cm³/mol. The van der Waals surface area contributed by atoms with Gasteiger partial charge in [0, 0.05) is 25.1 Å². The fraction of sp³-hybridized carbons (Fsp3) is 0.250. The maximum Gasteiger partial charge on any atom is 0.342 e. The zero-order valence-corrected chi connectivity index (χ0v) is 14.9. The fourth-order valence-electron chi connectivity index (χ4n) is 2.35. The third-order valence-electron chi connectivity index (χ3n) is 3.59. The number of aromatic amines is 3. The Balaban J connectivity index is 1.46. The zero-order chi connectivity index (χ0) is 19.2. The van der Waals surface area contributed by atoms with Gasteiger partial charge in [0.1, 0.15) is 5.82 Å². The molecule has 2 aromatic heterocycles. The number of hydrogen-bond donors (Lipinski definition) is 4. The Labute approximate surface area is 155 Å². The number of carbonyl (C=O) groups is 1. The molecular weight excluding hydrogens is 372 g/mol. The normalized spacial score (nSPS) is 10.8. The van der Waals surface area contributed by atoms with Gasteiger partial charge in [0.2, 0.25) is 5.91 Å². The van der Waals surface area contributed by atoms with Crippen molar-refractivity contribution < 1.29 is 4.79 Å². The number of aryl methyl sites for hydroxylation is 1. The van der Waals surface area contributed by atoms with Gasteiger partial charge in [-0.2, -0.15) is 5.10 Å². The van der Waals surface area contributed by atoms with Crippen molar-refractivity contribution >= 4 is 28.6 Å². The van der Waals surface area contributed by atoms with E-state index in [4.69, 9.17) is 0 Å². The van der Waals surface area contributed by atoms with E-state index in [0.717, 1.165) is 11.8 Å². The Morgan fingerprint density at radius 3 is 2.74 bits per heavy atom. The number of fused-ring (bicyclic) bond motifs is 1. The Hall–Kier alpha value is -3.21. The first-order valence-electron chi connectivity index (χ1n) is 8.09. The summed E-state index contributed by atoms with van der Waals surface area (Å²) in [4.78, 5) is 55.3. The summed E-state index contributed by atoms with van der Waals surface area (Å²) in [7, 11) is 0. The van der Waals surface area contributed by atoms with Crippen molar-refractivity contribution in [3.05, 3.63) is 61.3 Å². The molecule has 0 fully saturated rings. The summed E-state index contributed by atoms with van der Waals surface area (Å²) in [6.07, 6.45) is 0.476. The highest BCUT2D eigenvalue weighted by molar-refractivity contribution is 7.99. The van der Waals surface area contributed by atoms with Gasteiger partial charge in [-0.15, -0.1) is 0 Å². The number of amides is 1. The lowest BCUT2D eigenvalue weighted by atomic mass is 10.2. The van der Waals surface area contributed by atoms with Crippen LogP contribution < -0.4 is 22.1 Å². The molecule has 3 rings (SSSR count). The summed E-state index contributed by atoms with van der Waals surface area (Å²) in [5.41, 5.74) is -0.878. The second kappa shape index (κ2) is 8.45. The molecule has 2 heterocycles. The smallest absolute Gasteiger partial charge is 0.342 e. The van der Waals surface area contributed by atoms with Crippen LogP contribution in [0, 0.1) is 0 Å². The third-order valence-corrected chi connectivity index (χ3v) is 4.55. The van der Waals surface area contributed by atoms with Gasteiger partial charge in [-0.3, -0.25) is 19.4 Å². The molecule has 4 N–H and O–H groups in total. The van der Waals surface area contributed by atoms with Crippen LogP contribution in [-0.4, -0.2) is 43.4 Å². The molecule has 0 radical (unpaired) electrons. The van der Waals surface area contributed by atoms with Gasteiger partial charge < -0.3 is 10.3 Å². The quantitative estimate of drug-likeness (QED) is 0.315. The van der Waals surface area contributed by atoms with Crippen LogP contribution in [0.5, 0.6) is 0 Å². The number of rotatable bonds is 7. The van der Waals surface area contributed by atoms with Gasteiger partial charge in [0.05, 0.1) is 10.9 Å². The summed E-state index contributed by atoms with van der Waals surface area (Å²) in [5, 5.41) is 9.12. The summed E-state index contributed by atoms with van der Waals surface area (Å²) in [6.45, 7) is 0.325. The Morgan fingerprint density at radius 2 is 1.93 bits per heavy atom. The second-order valence-corrected chi connectivity index (χ2v) is 6.62. The molecule has 0 saturated carbocycles. The predicted octanol–water partition coefficient (Wildman–Crippen LogP) is -0.464. The number of H-pyrrole nitrogens is 3. The third kappa shape index (κ3) is 4.91. The average molecular weight is 388 g/mol. The van der Waals surface area contributed by atoms with E-state index >= 15 is 0 Å². The van der Waals surface area contributed by atoms with E-state index in [-0.39, 0.29) is 22.9 Å². The molecule has 27 heavy (non-hydrogen) atoms. The molecule has 1 aromatic carbocycles. The van der Waals surface area contributed by atoms with Gasteiger partial charge in [-0.25, -0.2) is 14.9 Å². The van der Waals surface area contributed by atoms with Gasteiger partial charge >= 0.3 is 5.69 Å². The van der Waals surface area contributed by atoms with Crippen molar-refractivity contribution in [1.82, 2.24) is 30.5 Å². The number of nitrogens with one attached hydrogen (secondary N) is 4. The maximum atomic E-state index is 12.0. The fourth-order valence-corrected chi connectivity index (χ4v) is 3.04. The highest BCUT2D eigenvalue weighted by Gasteiger charge is 2.07. The molecule has 0 saturated heterocycles. The summed E-state index contributed by atoms with van der Waals surface area (Å²) in [6, 6.07) is 7.00. The van der Waals surface area contributed by atoms with Crippen molar-refractivity contribution in [2.75, 3.05) is 12.3 Å². The second-order valence-electron chi connectivity index (χ2n) is 5.54. The topological polar surface area (TPSA) is 153 Å². The molecule has 0 spiro atoms. The molecule has 1 amide bonds. The molecule has 0 aliphatic carbocycles. The molecule has 0 bridgehead atoms. The highest BCUT2D eigenvalue weighted by Crippen LogP contribution is 2.07. The zero-order valence-electron chi connectivity index (χ0n) is 14.1. The van der Waals surface area contributed by atoms with Crippen molar-refractivity contribution in [2.45, 2.75) is 17.9 Å². The standard InChI is InChI=1S/C16H16N6O4S/c23-12(17-7-8-27-15-14(25)20-16(26)22-21-15)6-5-11-18-10-4-2-1-3-9(10)13(24)19-11/h1-4H,5-8H2,(H,17,23)(H,18,19,24)(H2,20,22,25,26). The van der Waals surface area contributed by atoms with Crippen LogP contribution >= 0.6 is 11.8 Å². The molecule has 0 aliphatic heterocycles. The number of benzene rings is 1. The number of thioether (sulfide) groups is 1. The van der Waals surface area contributed by atoms with E-state index in [9.17, 15) is 19.2 Å². The lowest BCUT2D eigenvalue weighted by molar-refractivity contribution is -0.120. The Morgan fingerprint density at radius 1 is 1.11 bits per heavy atom. The maximum absolute atomic E-state index is 12.0. The molecule has 0 unspecified atom stereocenters. The summed E-state index contributed by atoms with van der Waals surface area (Å²) in [5.74, 6) is 0.667. The van der Waals surface area contributed by atoms with Crippen molar-refractivity contribution in [3.63, 3.8) is 0 Å². The van der Waals surface area contributed by atoms with Crippen LogP contribution in [0.1, 0.15) is 12.2 Å². The van der Waals surface area contributed by atoms with E-state index in [2.05, 4.69) is 30.5 Å². The van der Waals surface area contributed by atoms with Crippen LogP contribution in [0.3, 0.4) is 0 Å². The first kappa shape index (κ1) is 18.6. The monoisotopic (exact) mass is 388 g/mol. The molecule has 0 aliphatic rings. The summed E-state index contributed by atoms with van der Waals surface area (Å²) < 4.78 is 0. The highest BCUT2D eigenvalue weighted by atomic mass is 32.2. The van der Waals surface area contributed by atoms with Gasteiger partial charge in [-0.1, -0.05) is 23.9 Å². The summed E-state index contributed by atoms with van der Waals surface area (Å²) >= 11 is 1.12. The molecule has 10 nitrogen and oxygen atoms in total. The SMILES string of the molecule is O=C(CCc1nc2ccccc2c(=O)[nH]1)NCCSc1n[nH]c(=O)[nH]c1=O. The lowest BCUT2D eigenvalue weighted by Gasteiger charge is -2.05. The van der Waals surface area contributed by atoms with E-state index in [0.29, 0.717) is 35.4 Å². The Bertz CT molecular complexity index is 1140. The van der Waals surface area contributed by atoms with Crippen LogP contribution in [0.15, 0.2) is 43.7 Å². The van der Waals surface area contributed by atoms with Crippen LogP contribution in [0.4, 0.5) is 0 Å². The molecule has 3 aromatic rings. The number of para-hydroxylation sites is 1. The molecule has 0 atom stereocenters. The number of nitrogens with zero attached hydrogens (tertiary/aromatic N) is 2. The van der Waals surface area contributed by atoms with Gasteiger partial charge in [0.15, 0.2) is 5.03 Å². The minimum absolute atomic E-state index is 0.127. The number of hydrogen-bond acceptors (Lipinski definition) is 7. The van der Waals surface area contributed by atoms with E-state index < -0.39 is 11.2 Å². The van der Waals surface area contributed by atoms with Crippen molar-refractivity contribution in [2.24, 2.45) is 0 Å². The van der Waals surface area contributed by atoms with Gasteiger partial charge in [-0.05, 0) is 12.1 Å². The largest absolute Gasteiger partial charge is 0.355 e. The van der Waals surface area contributed by atoms with Crippen molar-refractivity contribution in [1.29, 1.82) is 0 Å². The first-order valence-corrected chi connectivity index (χ1v) is 9.08. The van der Waals surface area contributed by atoms with Crippen molar-refractivity contribution in [3.8, 4) is 0 Å². The minimum atomic E-state index is -0.669. The Kier molecular flexibility index (Phi) is 5.81. The van der Waals surface area contributed by atoms with Crippen LogP contribution in [0.2, 0.25) is 0 Å². The van der Waals surface area contributed by atoms with E-state index in [1.807, 2.05) is 0 Å². The van der Waals surface area contributed by atoms with E-state index in [1.165, 1.54) is 0 Å². The van der Waals surface area contributed by atoms with E-state index in [1.54, 1.807) is 24.3 Å². The number of carbonyl (C=O) groups excluding carboxylic acids is 1. The average Bonchev–Trinajstić information content (AvgIpc) is 2.65. The lowest BCUT2D eigenvalue weighted by Crippen LogP contribution is -2.28. The minimum Gasteiger partial charge on any atom is -0.355 e. The number of aromatic nitrogens is 5. The van der Waals surface area contributed by atoms with Crippen LogP contribution in [-0.2, 0) is 11.2 Å². The molecule has 140 valence electrons.